The maximum Gasteiger partial charge on any atom is 0.237 e. The topological polar surface area (TPSA) is 61.8 Å². The summed E-state index contributed by atoms with van der Waals surface area (Å²) < 4.78 is 30.8. The number of carbonyl (C=O) groups is 1. The minimum absolute atomic E-state index is 0.0146. The van der Waals surface area contributed by atoms with Gasteiger partial charge < -0.3 is 15.2 Å². The van der Waals surface area contributed by atoms with E-state index in [0.29, 0.717) is 0 Å². The molecule has 21 heavy (non-hydrogen) atoms. The third-order valence-corrected chi connectivity index (χ3v) is 3.00. The van der Waals surface area contributed by atoms with Gasteiger partial charge in [-0.1, -0.05) is 0 Å². The van der Waals surface area contributed by atoms with Crippen LogP contribution < -0.4 is 10.1 Å². The molecule has 0 saturated heterocycles. The van der Waals surface area contributed by atoms with Gasteiger partial charge in [-0.15, -0.1) is 0 Å². The number of aliphatic hydroxyl groups is 1. The Kier molecular flexibility index (Phi) is 6.51. The number of hydrogen-bond donors (Lipinski definition) is 2. The van der Waals surface area contributed by atoms with Crippen LogP contribution in [0, 0.1) is 11.6 Å². The standard InChI is InChI=1S/C14H20F2N2O3/c1-9(18(2)3)14(20)17-7-10(19)8-21-11-4-5-12(15)13(16)6-11/h4-6,9-10,19H,7-8H2,1-3H3,(H,17,20)/t9-,10+/m0/s1. The van der Waals surface area contributed by atoms with Crippen molar-refractivity contribution in [1.29, 1.82) is 0 Å². The van der Waals surface area contributed by atoms with Crippen LogP contribution in [0.1, 0.15) is 6.92 Å². The summed E-state index contributed by atoms with van der Waals surface area (Å²) in [7, 11) is 3.54. The molecule has 1 amide bonds. The highest BCUT2D eigenvalue weighted by atomic mass is 19.2. The first-order chi connectivity index (χ1) is 9.81. The van der Waals surface area contributed by atoms with E-state index in [1.54, 1.807) is 25.9 Å². The Morgan fingerprint density at radius 2 is 2.05 bits per heavy atom. The number of hydrogen-bond acceptors (Lipinski definition) is 4. The van der Waals surface area contributed by atoms with E-state index in [4.69, 9.17) is 4.74 Å². The molecule has 2 atom stereocenters. The predicted octanol–water partition coefficient (Wildman–Crippen LogP) is 0.771. The van der Waals surface area contributed by atoms with Gasteiger partial charge in [0.2, 0.25) is 5.91 Å². The van der Waals surface area contributed by atoms with Crippen molar-refractivity contribution >= 4 is 5.91 Å². The summed E-state index contributed by atoms with van der Waals surface area (Å²) >= 11 is 0. The van der Waals surface area contributed by atoms with Gasteiger partial charge >= 0.3 is 0 Å². The molecule has 0 aliphatic rings. The fourth-order valence-electron chi connectivity index (χ4n) is 1.42. The molecule has 2 N–H and O–H groups in total. The predicted molar refractivity (Wildman–Crippen MR) is 74.0 cm³/mol. The van der Waals surface area contributed by atoms with Gasteiger partial charge in [-0.3, -0.25) is 9.69 Å². The van der Waals surface area contributed by atoms with E-state index in [1.807, 2.05) is 0 Å². The zero-order valence-corrected chi connectivity index (χ0v) is 12.3. The zero-order valence-electron chi connectivity index (χ0n) is 12.3. The maximum atomic E-state index is 12.9. The lowest BCUT2D eigenvalue weighted by Crippen LogP contribution is -2.44. The molecule has 0 spiro atoms. The van der Waals surface area contributed by atoms with E-state index < -0.39 is 17.7 Å². The van der Waals surface area contributed by atoms with Crippen LogP contribution in [0.15, 0.2) is 18.2 Å². The molecule has 5 nitrogen and oxygen atoms in total. The zero-order chi connectivity index (χ0) is 16.0. The monoisotopic (exact) mass is 302 g/mol. The summed E-state index contributed by atoms with van der Waals surface area (Å²) in [6.07, 6.45) is -0.948. The number of rotatable bonds is 7. The average molecular weight is 302 g/mol. The Balaban J connectivity index is 2.35. The van der Waals surface area contributed by atoms with Crippen molar-refractivity contribution in [3.8, 4) is 5.75 Å². The van der Waals surface area contributed by atoms with Crippen molar-refractivity contribution < 1.29 is 23.4 Å². The molecule has 0 radical (unpaired) electrons. The molecule has 7 heteroatoms. The van der Waals surface area contributed by atoms with Crippen LogP contribution in [-0.4, -0.2) is 55.3 Å². The number of benzene rings is 1. The van der Waals surface area contributed by atoms with E-state index in [2.05, 4.69) is 5.32 Å². The minimum atomic E-state index is -1.02. The van der Waals surface area contributed by atoms with Crippen LogP contribution in [0.5, 0.6) is 5.75 Å². The van der Waals surface area contributed by atoms with Crippen molar-refractivity contribution in [2.24, 2.45) is 0 Å². The first-order valence-corrected chi connectivity index (χ1v) is 6.51. The van der Waals surface area contributed by atoms with Gasteiger partial charge in [0.05, 0.1) is 6.04 Å². The van der Waals surface area contributed by atoms with Gasteiger partial charge in [0.1, 0.15) is 18.5 Å². The number of aliphatic hydroxyl groups excluding tert-OH is 1. The molecule has 0 unspecified atom stereocenters. The third kappa shape index (κ3) is 5.65. The van der Waals surface area contributed by atoms with Crippen LogP contribution in [-0.2, 0) is 4.79 Å². The van der Waals surface area contributed by atoms with Crippen LogP contribution in [0.25, 0.3) is 0 Å². The van der Waals surface area contributed by atoms with Crippen molar-refractivity contribution in [2.45, 2.75) is 19.1 Å². The molecule has 1 aromatic rings. The smallest absolute Gasteiger partial charge is 0.237 e. The number of ether oxygens (including phenoxy) is 1. The number of halogens is 2. The Hall–Kier alpha value is -1.73. The SMILES string of the molecule is C[C@@H](C(=O)NC[C@@H](O)COc1ccc(F)c(F)c1)N(C)C. The lowest BCUT2D eigenvalue weighted by molar-refractivity contribution is -0.125. The van der Waals surface area contributed by atoms with Crippen LogP contribution in [0.3, 0.4) is 0 Å². The van der Waals surface area contributed by atoms with E-state index >= 15 is 0 Å². The van der Waals surface area contributed by atoms with E-state index in [-0.39, 0.29) is 30.9 Å². The van der Waals surface area contributed by atoms with E-state index in [1.165, 1.54) is 6.07 Å². The summed E-state index contributed by atoms with van der Waals surface area (Å²) in [5, 5.41) is 12.3. The molecule has 0 saturated carbocycles. The van der Waals surface area contributed by atoms with Gasteiger partial charge in [-0.2, -0.15) is 0 Å². The van der Waals surface area contributed by atoms with E-state index in [9.17, 15) is 18.7 Å². The van der Waals surface area contributed by atoms with E-state index in [0.717, 1.165) is 12.1 Å². The summed E-state index contributed by atoms with van der Waals surface area (Å²) in [6.45, 7) is 1.61. The number of likely N-dealkylation sites (N-methyl/N-ethyl adjacent to an activating group) is 1. The number of nitrogens with one attached hydrogen (secondary N) is 1. The molecule has 1 aromatic carbocycles. The normalized spacial score (nSPS) is 13.9. The molecule has 0 aliphatic heterocycles. The minimum Gasteiger partial charge on any atom is -0.491 e. The summed E-state index contributed by atoms with van der Waals surface area (Å²) in [5.74, 6) is -2.09. The summed E-state index contributed by atoms with van der Waals surface area (Å²) in [5.41, 5.74) is 0. The molecule has 0 aromatic heterocycles. The molecule has 0 aliphatic carbocycles. The average Bonchev–Trinajstić information content (AvgIpc) is 2.44. The first kappa shape index (κ1) is 17.3. The van der Waals surface area contributed by atoms with Crippen LogP contribution in [0.4, 0.5) is 8.78 Å². The van der Waals surface area contributed by atoms with Gasteiger partial charge in [0.15, 0.2) is 11.6 Å². The van der Waals surface area contributed by atoms with Gasteiger partial charge in [0, 0.05) is 12.6 Å². The highest BCUT2D eigenvalue weighted by Crippen LogP contribution is 2.15. The van der Waals surface area contributed by atoms with Gasteiger partial charge in [-0.25, -0.2) is 8.78 Å². The van der Waals surface area contributed by atoms with Crippen molar-refractivity contribution in [3.63, 3.8) is 0 Å². The second-order valence-electron chi connectivity index (χ2n) is 4.93. The summed E-state index contributed by atoms with van der Waals surface area (Å²) in [4.78, 5) is 13.4. The second kappa shape index (κ2) is 7.90. The second-order valence-corrected chi connectivity index (χ2v) is 4.93. The molecule has 0 heterocycles. The lowest BCUT2D eigenvalue weighted by atomic mass is 10.3. The fourth-order valence-corrected chi connectivity index (χ4v) is 1.42. The quantitative estimate of drug-likeness (QED) is 0.781. The number of nitrogens with zero attached hydrogens (tertiary/aromatic N) is 1. The third-order valence-electron chi connectivity index (χ3n) is 3.00. The molecule has 1 rings (SSSR count). The number of amides is 1. The Morgan fingerprint density at radius 1 is 1.38 bits per heavy atom. The van der Waals surface area contributed by atoms with Crippen LogP contribution in [0.2, 0.25) is 0 Å². The highest BCUT2D eigenvalue weighted by Gasteiger charge is 2.16. The Labute approximate surface area is 122 Å². The van der Waals surface area contributed by atoms with Crippen LogP contribution >= 0.6 is 0 Å². The lowest BCUT2D eigenvalue weighted by Gasteiger charge is -2.20. The highest BCUT2D eigenvalue weighted by molar-refractivity contribution is 5.81. The van der Waals surface area contributed by atoms with Crippen molar-refractivity contribution in [2.75, 3.05) is 27.2 Å². The van der Waals surface area contributed by atoms with Gasteiger partial charge in [0.25, 0.3) is 0 Å². The van der Waals surface area contributed by atoms with Crippen molar-refractivity contribution in [1.82, 2.24) is 10.2 Å². The van der Waals surface area contributed by atoms with Gasteiger partial charge in [-0.05, 0) is 33.2 Å². The molecule has 118 valence electrons. The Bertz CT molecular complexity index is 483. The first-order valence-electron chi connectivity index (χ1n) is 6.51. The summed E-state index contributed by atoms with van der Waals surface area (Å²) in [6, 6.07) is 2.79. The van der Waals surface area contributed by atoms with Crippen molar-refractivity contribution in [3.05, 3.63) is 29.8 Å². The number of carbonyl (C=O) groups excluding carboxylic acids is 1. The Morgan fingerprint density at radius 3 is 2.62 bits per heavy atom. The maximum absolute atomic E-state index is 12.9. The molecule has 0 fully saturated rings. The molecular weight excluding hydrogens is 282 g/mol. The largest absolute Gasteiger partial charge is 0.491 e. The fraction of sp³-hybridized carbons (Fsp3) is 0.500. The molecular formula is C14H20F2N2O3. The molecule has 0 bridgehead atoms.